The van der Waals surface area contributed by atoms with Crippen LogP contribution in [0.3, 0.4) is 0 Å². The second kappa shape index (κ2) is 5.19. The van der Waals surface area contributed by atoms with Gasteiger partial charge in [-0.3, -0.25) is 14.8 Å². The molecule has 2 rings (SSSR count). The van der Waals surface area contributed by atoms with Crippen molar-refractivity contribution >= 4 is 5.84 Å². The predicted octanol–water partition coefficient (Wildman–Crippen LogP) is -1.99. The highest BCUT2D eigenvalue weighted by Crippen LogP contribution is 2.37. The van der Waals surface area contributed by atoms with Crippen LogP contribution in [0.1, 0.15) is 18.7 Å². The molecule has 2 heterocycles. The molecule has 0 spiro atoms. The number of nitrogens with zero attached hydrogens (tertiary/aromatic N) is 1. The van der Waals surface area contributed by atoms with Crippen LogP contribution in [-0.4, -0.2) is 50.1 Å². The summed E-state index contributed by atoms with van der Waals surface area (Å²) >= 11 is 0. The van der Waals surface area contributed by atoms with E-state index in [1.54, 1.807) is 0 Å². The first-order chi connectivity index (χ1) is 9.71. The van der Waals surface area contributed by atoms with E-state index >= 15 is 0 Å². The van der Waals surface area contributed by atoms with Gasteiger partial charge >= 0.3 is 0 Å². The largest absolute Gasteiger partial charge is 0.436 e. The van der Waals surface area contributed by atoms with Crippen molar-refractivity contribution in [2.24, 2.45) is 5.73 Å². The molecule has 0 amide bonds. The lowest BCUT2D eigenvalue weighted by atomic mass is 9.96. The summed E-state index contributed by atoms with van der Waals surface area (Å²) in [4.78, 5) is 12.2. The van der Waals surface area contributed by atoms with Crippen molar-refractivity contribution in [3.8, 4) is 0 Å². The molecular weight excluding hydrogens is 285 g/mol. The monoisotopic (exact) mass is 302 g/mol. The first-order valence-electron chi connectivity index (χ1n) is 6.16. The minimum absolute atomic E-state index is 0.526. The molecule has 7 N–H and O–H groups in total. The maximum atomic E-state index is 13.6. The van der Waals surface area contributed by atoms with Gasteiger partial charge in [-0.1, -0.05) is 0 Å². The van der Waals surface area contributed by atoms with E-state index in [2.05, 4.69) is 0 Å². The molecular formula is C12H17FN3O5+. The second-order valence-corrected chi connectivity index (χ2v) is 5.10. The Balaban J connectivity index is 2.56. The number of ether oxygens (including phenoxy) is 1. The summed E-state index contributed by atoms with van der Waals surface area (Å²) in [5, 5.41) is 34.4. The Morgan fingerprint density at radius 2 is 2.33 bits per heavy atom. The molecule has 4 unspecified atom stereocenters. The van der Waals surface area contributed by atoms with Crippen molar-refractivity contribution in [3.63, 3.8) is 0 Å². The number of pyridine rings is 1. The molecule has 4 atom stereocenters. The van der Waals surface area contributed by atoms with Crippen molar-refractivity contribution in [2.45, 2.75) is 31.0 Å². The Labute approximate surface area is 118 Å². The van der Waals surface area contributed by atoms with Crippen LogP contribution in [0.5, 0.6) is 0 Å². The normalized spacial score (nSPS) is 32.3. The van der Waals surface area contributed by atoms with Gasteiger partial charge in [-0.2, -0.15) is 0 Å². The average Bonchev–Trinajstić information content (AvgIpc) is 2.61. The van der Waals surface area contributed by atoms with Crippen LogP contribution in [-0.2, 0) is 4.74 Å². The van der Waals surface area contributed by atoms with Crippen LogP contribution >= 0.6 is 0 Å². The van der Waals surface area contributed by atoms with Crippen LogP contribution < -0.4 is 11.3 Å². The third kappa shape index (κ3) is 2.33. The van der Waals surface area contributed by atoms with E-state index in [-0.39, 0.29) is 0 Å². The van der Waals surface area contributed by atoms with Crippen LogP contribution in [0.2, 0.25) is 0 Å². The molecule has 0 saturated carbocycles. The Bertz CT molecular complexity index is 630. The van der Waals surface area contributed by atoms with Gasteiger partial charge in [0, 0.05) is 13.1 Å². The van der Waals surface area contributed by atoms with Crippen LogP contribution in [0.15, 0.2) is 17.1 Å². The number of amidine groups is 1. The molecule has 0 aromatic carbocycles. The second-order valence-electron chi connectivity index (χ2n) is 5.10. The molecule has 1 saturated heterocycles. The number of aliphatic hydroxyl groups is 2. The number of halogens is 1. The van der Waals surface area contributed by atoms with Gasteiger partial charge in [0.15, 0.2) is 6.10 Å². The molecule has 9 heteroatoms. The smallest absolute Gasteiger partial charge is 0.266 e. The lowest BCUT2D eigenvalue weighted by Gasteiger charge is -2.24. The van der Waals surface area contributed by atoms with E-state index in [9.17, 15) is 14.3 Å². The zero-order valence-electron chi connectivity index (χ0n) is 11.2. The molecule has 21 heavy (non-hydrogen) atoms. The van der Waals surface area contributed by atoms with Crippen molar-refractivity contribution in [2.75, 3.05) is 6.61 Å². The quantitative estimate of drug-likeness (QED) is 0.290. The molecule has 0 aliphatic carbocycles. The van der Waals surface area contributed by atoms with Crippen LogP contribution in [0, 0.1) is 11.2 Å². The maximum Gasteiger partial charge on any atom is 0.266 e. The highest BCUT2D eigenvalue weighted by Gasteiger charge is 2.57. The minimum atomic E-state index is -1.64. The fourth-order valence-corrected chi connectivity index (χ4v) is 2.37. The van der Waals surface area contributed by atoms with Crippen molar-refractivity contribution < 1.29 is 24.4 Å². The van der Waals surface area contributed by atoms with Gasteiger partial charge in [-0.05, 0) is 6.07 Å². The highest BCUT2D eigenvalue weighted by atomic mass is 19.1. The SMILES string of the molecule is CC1([OH2+])C(O)C(CO)OC1n1ccc(F)c(C(=N)N)c1=O. The number of aliphatic hydroxyl groups excluding tert-OH is 2. The van der Waals surface area contributed by atoms with E-state index < -0.39 is 53.4 Å². The zero-order chi connectivity index (χ0) is 15.9. The zero-order valence-corrected chi connectivity index (χ0v) is 11.2. The highest BCUT2D eigenvalue weighted by molar-refractivity contribution is 5.94. The Morgan fingerprint density at radius 1 is 1.71 bits per heavy atom. The maximum absolute atomic E-state index is 13.6. The number of hydrogen-bond acceptors (Lipinski definition) is 5. The summed E-state index contributed by atoms with van der Waals surface area (Å²) in [5.74, 6) is -1.69. The number of nitrogens with one attached hydrogen (secondary N) is 1. The number of rotatable bonds is 3. The lowest BCUT2D eigenvalue weighted by Crippen LogP contribution is -2.46. The van der Waals surface area contributed by atoms with Crippen molar-refractivity contribution in [3.05, 3.63) is 34.0 Å². The summed E-state index contributed by atoms with van der Waals surface area (Å²) in [6.45, 7) is 0.808. The van der Waals surface area contributed by atoms with E-state index in [0.717, 1.165) is 16.8 Å². The number of nitrogens with two attached hydrogens (primary N) is 1. The molecule has 1 aromatic rings. The molecule has 0 radical (unpaired) electrons. The van der Waals surface area contributed by atoms with E-state index in [1.165, 1.54) is 6.92 Å². The third-order valence-corrected chi connectivity index (χ3v) is 3.55. The molecule has 8 nitrogen and oxygen atoms in total. The molecule has 116 valence electrons. The molecule has 0 bridgehead atoms. The van der Waals surface area contributed by atoms with Gasteiger partial charge in [0.2, 0.25) is 11.8 Å². The number of aromatic nitrogens is 1. The van der Waals surface area contributed by atoms with Gasteiger partial charge in [-0.25, -0.2) is 4.39 Å². The summed E-state index contributed by atoms with van der Waals surface area (Å²) in [6.07, 6.45) is -2.54. The molecule has 1 aromatic heterocycles. The van der Waals surface area contributed by atoms with Gasteiger partial charge in [0.25, 0.3) is 5.56 Å². The van der Waals surface area contributed by atoms with Gasteiger partial charge in [0.05, 0.1) is 6.61 Å². The summed E-state index contributed by atoms with van der Waals surface area (Å²) in [6, 6.07) is 0.927. The summed E-state index contributed by atoms with van der Waals surface area (Å²) < 4.78 is 19.8. The Hall–Kier alpha value is -1.81. The van der Waals surface area contributed by atoms with Crippen LogP contribution in [0.4, 0.5) is 4.39 Å². The average molecular weight is 302 g/mol. The van der Waals surface area contributed by atoms with Crippen molar-refractivity contribution in [1.29, 1.82) is 5.41 Å². The topological polar surface area (TPSA) is 144 Å². The summed E-state index contributed by atoms with van der Waals surface area (Å²) in [5.41, 5.74) is 1.99. The fraction of sp³-hybridized carbons (Fsp3) is 0.500. The van der Waals surface area contributed by atoms with Gasteiger partial charge in [0.1, 0.15) is 23.3 Å². The van der Waals surface area contributed by atoms with Gasteiger partial charge in [-0.15, -0.1) is 0 Å². The third-order valence-electron chi connectivity index (χ3n) is 3.55. The van der Waals surface area contributed by atoms with E-state index in [4.69, 9.17) is 26.1 Å². The first-order valence-corrected chi connectivity index (χ1v) is 6.16. The van der Waals surface area contributed by atoms with Crippen LogP contribution in [0.25, 0.3) is 0 Å². The first kappa shape index (κ1) is 15.6. The molecule has 1 aliphatic heterocycles. The standard InChI is InChI=1S/C12H16FN3O5/c1-12(20)8(18)6(4-17)21-11(12)16-3-2-5(13)7(9(14)15)10(16)19/h2-3,6,8,11,17-18,20H,4H2,1H3,(H3,14,15)/p+1. The summed E-state index contributed by atoms with van der Waals surface area (Å²) in [7, 11) is 0. The molecule has 1 fully saturated rings. The Morgan fingerprint density at radius 3 is 2.81 bits per heavy atom. The predicted molar refractivity (Wildman–Crippen MR) is 70.7 cm³/mol. The van der Waals surface area contributed by atoms with E-state index in [1.807, 2.05) is 0 Å². The van der Waals surface area contributed by atoms with Crippen molar-refractivity contribution in [1.82, 2.24) is 4.57 Å². The lowest BCUT2D eigenvalue weighted by molar-refractivity contribution is -0.0982. The Kier molecular flexibility index (Phi) is 3.85. The van der Waals surface area contributed by atoms with Gasteiger partial charge < -0.3 is 25.8 Å². The molecule has 1 aliphatic rings. The number of hydrogen-bond donors (Lipinski definition) is 4. The minimum Gasteiger partial charge on any atom is -0.436 e. The van der Waals surface area contributed by atoms with E-state index in [0.29, 0.717) is 0 Å². The number of nitrogen functional groups attached to an aromatic ring is 1. The fourth-order valence-electron chi connectivity index (χ4n) is 2.37.